The third-order valence-electron chi connectivity index (χ3n) is 3.18. The van der Waals surface area contributed by atoms with Crippen molar-refractivity contribution >= 4 is 10.1 Å². The van der Waals surface area contributed by atoms with E-state index in [4.69, 9.17) is 4.52 Å². The van der Waals surface area contributed by atoms with Crippen LogP contribution in [0, 0.1) is 0 Å². The second-order valence-electron chi connectivity index (χ2n) is 5.24. The van der Waals surface area contributed by atoms with Crippen molar-refractivity contribution in [1.82, 2.24) is 5.16 Å². The van der Waals surface area contributed by atoms with Gasteiger partial charge in [-0.05, 0) is 25.0 Å². The number of aryl methyl sites for hydroxylation is 1. The molecule has 0 aliphatic carbocycles. The largest absolute Gasteiger partial charge is 0.416 e. The number of rotatable bonds is 7. The van der Waals surface area contributed by atoms with E-state index >= 15 is 0 Å². The Morgan fingerprint density at radius 3 is 2.42 bits per heavy atom. The Bertz CT molecular complexity index is 767. The summed E-state index contributed by atoms with van der Waals surface area (Å²) in [7, 11) is -3.43. The van der Waals surface area contributed by atoms with Crippen molar-refractivity contribution in [2.45, 2.75) is 25.4 Å². The lowest BCUT2D eigenvalue weighted by Gasteiger charge is -2.06. The Balaban J connectivity index is 1.89. The Kier molecular flexibility index (Phi) is 5.66. The molecule has 1 aromatic heterocycles. The fourth-order valence-corrected chi connectivity index (χ4v) is 2.43. The number of benzene rings is 1. The second-order valence-corrected chi connectivity index (χ2v) is 6.88. The number of aromatic nitrogens is 1. The Labute approximate surface area is 137 Å². The summed E-state index contributed by atoms with van der Waals surface area (Å²) in [6, 6.07) is 6.31. The Morgan fingerprint density at radius 1 is 1.17 bits per heavy atom. The molecule has 0 spiro atoms. The van der Waals surface area contributed by atoms with Crippen LogP contribution >= 0.6 is 0 Å². The van der Waals surface area contributed by atoms with Gasteiger partial charge >= 0.3 is 6.18 Å². The molecule has 0 radical (unpaired) electrons. The SMILES string of the molecule is CS(=O)(=O)OCCCCc1cc(-c2ccc(C(F)(F)F)cc2)no1. The molecule has 0 aliphatic heterocycles. The molecule has 0 saturated carbocycles. The van der Waals surface area contributed by atoms with Gasteiger partial charge in [0.25, 0.3) is 10.1 Å². The van der Waals surface area contributed by atoms with Crippen molar-refractivity contribution in [2.24, 2.45) is 0 Å². The van der Waals surface area contributed by atoms with E-state index in [2.05, 4.69) is 9.34 Å². The first kappa shape index (κ1) is 18.5. The molecule has 9 heteroatoms. The average molecular weight is 363 g/mol. The predicted octanol–water partition coefficient (Wildman–Crippen LogP) is 3.66. The quantitative estimate of drug-likeness (QED) is 0.555. The van der Waals surface area contributed by atoms with Gasteiger partial charge in [0.15, 0.2) is 0 Å². The van der Waals surface area contributed by atoms with Crippen LogP contribution in [0.25, 0.3) is 11.3 Å². The Morgan fingerprint density at radius 2 is 1.83 bits per heavy atom. The molecule has 0 aliphatic rings. The lowest BCUT2D eigenvalue weighted by molar-refractivity contribution is -0.137. The van der Waals surface area contributed by atoms with Gasteiger partial charge in [-0.25, -0.2) is 0 Å². The summed E-state index contributed by atoms with van der Waals surface area (Å²) in [6.45, 7) is 0.0960. The van der Waals surface area contributed by atoms with Crippen LogP contribution in [-0.4, -0.2) is 26.4 Å². The molecule has 0 fully saturated rings. The van der Waals surface area contributed by atoms with Crippen LogP contribution in [0.4, 0.5) is 13.2 Å². The van der Waals surface area contributed by atoms with Gasteiger partial charge in [-0.2, -0.15) is 21.6 Å². The summed E-state index contributed by atoms with van der Waals surface area (Å²) in [5, 5.41) is 3.83. The van der Waals surface area contributed by atoms with Gasteiger partial charge in [-0.3, -0.25) is 4.18 Å². The third kappa shape index (κ3) is 5.64. The minimum absolute atomic E-state index is 0.0960. The van der Waals surface area contributed by atoms with Crippen molar-refractivity contribution in [2.75, 3.05) is 12.9 Å². The first-order valence-electron chi connectivity index (χ1n) is 7.13. The highest BCUT2D eigenvalue weighted by Gasteiger charge is 2.30. The van der Waals surface area contributed by atoms with Crippen LogP contribution in [-0.2, 0) is 26.9 Å². The molecule has 5 nitrogen and oxygen atoms in total. The molecule has 0 atom stereocenters. The van der Waals surface area contributed by atoms with E-state index in [-0.39, 0.29) is 6.61 Å². The number of hydrogen-bond acceptors (Lipinski definition) is 5. The van der Waals surface area contributed by atoms with E-state index in [0.29, 0.717) is 36.3 Å². The molecule has 0 bridgehead atoms. The molecule has 1 aromatic carbocycles. The molecule has 0 saturated heterocycles. The maximum atomic E-state index is 12.5. The van der Waals surface area contributed by atoms with Crippen LogP contribution < -0.4 is 0 Å². The minimum atomic E-state index is -4.37. The fraction of sp³-hybridized carbons (Fsp3) is 0.400. The zero-order chi connectivity index (χ0) is 17.8. The lowest BCUT2D eigenvalue weighted by Crippen LogP contribution is -2.04. The highest BCUT2D eigenvalue weighted by molar-refractivity contribution is 7.85. The van der Waals surface area contributed by atoms with Crippen LogP contribution in [0.15, 0.2) is 34.9 Å². The molecule has 1 heterocycles. The van der Waals surface area contributed by atoms with E-state index in [1.54, 1.807) is 6.07 Å². The highest BCUT2D eigenvalue weighted by atomic mass is 32.2. The maximum Gasteiger partial charge on any atom is 0.416 e. The second kappa shape index (κ2) is 7.35. The molecular formula is C15H16F3NO4S. The number of nitrogens with zero attached hydrogens (tertiary/aromatic N) is 1. The molecule has 2 aromatic rings. The van der Waals surface area contributed by atoms with Crippen molar-refractivity contribution < 1.29 is 30.3 Å². The van der Waals surface area contributed by atoms with Crippen LogP contribution in [0.3, 0.4) is 0 Å². The zero-order valence-corrected chi connectivity index (χ0v) is 13.7. The Hall–Kier alpha value is -1.87. The monoisotopic (exact) mass is 363 g/mol. The van der Waals surface area contributed by atoms with Crippen LogP contribution in [0.2, 0.25) is 0 Å². The van der Waals surface area contributed by atoms with Gasteiger partial charge in [0, 0.05) is 18.1 Å². The smallest absolute Gasteiger partial charge is 0.361 e. The summed E-state index contributed by atoms with van der Waals surface area (Å²) in [4.78, 5) is 0. The summed E-state index contributed by atoms with van der Waals surface area (Å²) in [5.41, 5.74) is 0.255. The standard InChI is InChI=1S/C15H16F3NO4S/c1-24(20,21)22-9-3-2-4-13-10-14(19-23-13)11-5-7-12(8-6-11)15(16,17)18/h5-8,10H,2-4,9H2,1H3. The van der Waals surface area contributed by atoms with Crippen LogP contribution in [0.1, 0.15) is 24.2 Å². The molecule has 0 amide bonds. The van der Waals surface area contributed by atoms with E-state index in [1.165, 1.54) is 12.1 Å². The van der Waals surface area contributed by atoms with Gasteiger partial charge in [-0.1, -0.05) is 17.3 Å². The molecular weight excluding hydrogens is 347 g/mol. The normalized spacial score (nSPS) is 12.5. The number of unbranched alkanes of at least 4 members (excludes halogenated alkanes) is 1. The van der Waals surface area contributed by atoms with Crippen molar-refractivity contribution in [3.63, 3.8) is 0 Å². The van der Waals surface area contributed by atoms with Gasteiger partial charge < -0.3 is 4.52 Å². The van der Waals surface area contributed by atoms with E-state index in [1.807, 2.05) is 0 Å². The summed E-state index contributed by atoms with van der Waals surface area (Å²) in [6.07, 6.45) is -1.69. The first-order valence-corrected chi connectivity index (χ1v) is 8.94. The summed E-state index contributed by atoms with van der Waals surface area (Å²) < 4.78 is 68.9. The summed E-state index contributed by atoms with van der Waals surface area (Å²) in [5.74, 6) is 0.573. The van der Waals surface area contributed by atoms with E-state index in [0.717, 1.165) is 18.4 Å². The van der Waals surface area contributed by atoms with Crippen LogP contribution in [0.5, 0.6) is 0 Å². The molecule has 132 valence electrons. The van der Waals surface area contributed by atoms with Crippen molar-refractivity contribution in [3.8, 4) is 11.3 Å². The van der Waals surface area contributed by atoms with Crippen molar-refractivity contribution in [3.05, 3.63) is 41.7 Å². The summed E-state index contributed by atoms with van der Waals surface area (Å²) >= 11 is 0. The highest BCUT2D eigenvalue weighted by Crippen LogP contribution is 2.30. The molecule has 24 heavy (non-hydrogen) atoms. The zero-order valence-electron chi connectivity index (χ0n) is 12.8. The minimum Gasteiger partial charge on any atom is -0.361 e. The van der Waals surface area contributed by atoms with Gasteiger partial charge in [0.2, 0.25) is 0 Å². The van der Waals surface area contributed by atoms with Gasteiger partial charge in [-0.15, -0.1) is 0 Å². The lowest BCUT2D eigenvalue weighted by atomic mass is 10.1. The molecule has 0 unspecified atom stereocenters. The molecule has 2 rings (SSSR count). The number of hydrogen-bond donors (Lipinski definition) is 0. The molecule has 0 N–H and O–H groups in total. The van der Waals surface area contributed by atoms with Gasteiger partial charge in [0.05, 0.1) is 18.4 Å². The average Bonchev–Trinajstić information content (AvgIpc) is 2.94. The number of alkyl halides is 3. The van der Waals surface area contributed by atoms with E-state index < -0.39 is 21.9 Å². The van der Waals surface area contributed by atoms with Crippen molar-refractivity contribution in [1.29, 1.82) is 0 Å². The van der Waals surface area contributed by atoms with Gasteiger partial charge in [0.1, 0.15) is 11.5 Å². The first-order chi connectivity index (χ1) is 11.1. The number of halogens is 3. The maximum absolute atomic E-state index is 12.5. The topological polar surface area (TPSA) is 69.4 Å². The van der Waals surface area contributed by atoms with E-state index in [9.17, 15) is 21.6 Å². The fourth-order valence-electron chi connectivity index (χ4n) is 2.01. The predicted molar refractivity (Wildman–Crippen MR) is 80.7 cm³/mol. The third-order valence-corrected chi connectivity index (χ3v) is 3.78.